The number of hydrogen-bond acceptors (Lipinski definition) is 7. The summed E-state index contributed by atoms with van der Waals surface area (Å²) in [7, 11) is 0. The minimum absolute atomic E-state index is 0.0491. The Labute approximate surface area is 189 Å². The lowest BCUT2D eigenvalue weighted by atomic mass is 9.93. The average Bonchev–Trinajstić information content (AvgIpc) is 3.20. The Morgan fingerprint density at radius 1 is 1.26 bits per heavy atom. The Kier molecular flexibility index (Phi) is 5.51. The highest BCUT2D eigenvalue weighted by molar-refractivity contribution is 7.23. The fourth-order valence-corrected chi connectivity index (χ4v) is 6.34. The summed E-state index contributed by atoms with van der Waals surface area (Å²) in [6, 6.07) is 1.73. The summed E-state index contributed by atoms with van der Waals surface area (Å²) >= 11 is 3.10. The lowest BCUT2D eigenvalue weighted by Crippen LogP contribution is -2.46. The molecule has 3 aromatic rings. The predicted octanol–water partition coefficient (Wildman–Crippen LogP) is 5.62. The highest BCUT2D eigenvalue weighted by Gasteiger charge is 2.39. The first kappa shape index (κ1) is 21.7. The summed E-state index contributed by atoms with van der Waals surface area (Å²) in [6.07, 6.45) is 3.85. The summed E-state index contributed by atoms with van der Waals surface area (Å²) in [6.45, 7) is 11.2. The van der Waals surface area contributed by atoms with Crippen molar-refractivity contribution in [1.82, 2.24) is 14.9 Å². The summed E-state index contributed by atoms with van der Waals surface area (Å²) in [5, 5.41) is 4.62. The maximum absolute atomic E-state index is 12.9. The maximum atomic E-state index is 12.9. The molecule has 0 spiro atoms. The summed E-state index contributed by atoms with van der Waals surface area (Å²) in [5.41, 5.74) is 2.37. The summed E-state index contributed by atoms with van der Waals surface area (Å²) < 4.78 is 6.71. The number of pyridine rings is 1. The van der Waals surface area contributed by atoms with Gasteiger partial charge in [0, 0.05) is 29.6 Å². The first-order valence-corrected chi connectivity index (χ1v) is 11.8. The molecule has 0 aromatic carbocycles. The second-order valence-electron chi connectivity index (χ2n) is 8.81. The molecule has 164 valence electrons. The fourth-order valence-electron chi connectivity index (χ4n) is 3.94. The van der Waals surface area contributed by atoms with Crippen molar-refractivity contribution in [3.63, 3.8) is 0 Å². The number of fused-ring (bicyclic) bond motifs is 2. The van der Waals surface area contributed by atoms with Crippen LogP contribution in [-0.2, 0) is 16.0 Å². The van der Waals surface area contributed by atoms with E-state index >= 15 is 0 Å². The normalized spacial score (nSPS) is 18.7. The van der Waals surface area contributed by atoms with E-state index in [0.717, 1.165) is 36.2 Å². The Hall–Kier alpha value is -2.52. The lowest BCUT2D eigenvalue weighted by molar-refractivity contribution is -0.114. The van der Waals surface area contributed by atoms with Gasteiger partial charge >= 0.3 is 6.09 Å². The zero-order valence-corrected chi connectivity index (χ0v) is 20.1. The van der Waals surface area contributed by atoms with Crippen molar-refractivity contribution in [2.24, 2.45) is 0 Å². The number of thiophene rings is 1. The van der Waals surface area contributed by atoms with Crippen LogP contribution < -0.4 is 5.32 Å². The van der Waals surface area contributed by atoms with Gasteiger partial charge < -0.3 is 10.1 Å². The van der Waals surface area contributed by atoms with E-state index in [0.29, 0.717) is 6.42 Å². The van der Waals surface area contributed by atoms with Crippen molar-refractivity contribution < 1.29 is 14.3 Å². The number of nitrogens with zero attached hydrogens (tertiary/aromatic N) is 3. The molecule has 0 fully saturated rings. The van der Waals surface area contributed by atoms with E-state index in [1.807, 2.05) is 40.7 Å². The van der Waals surface area contributed by atoms with Gasteiger partial charge in [0.1, 0.15) is 21.1 Å². The molecule has 3 aromatic heterocycles. The van der Waals surface area contributed by atoms with Crippen LogP contribution in [0.4, 0.5) is 9.80 Å². The van der Waals surface area contributed by atoms with Gasteiger partial charge in [0.25, 0.3) is 0 Å². The molecule has 1 aliphatic heterocycles. The third kappa shape index (κ3) is 4.16. The van der Waals surface area contributed by atoms with E-state index in [4.69, 9.17) is 9.72 Å². The quantitative estimate of drug-likeness (QED) is 0.539. The summed E-state index contributed by atoms with van der Waals surface area (Å²) in [5.74, 6) is -0.132. The number of hydrogen-bond donors (Lipinski definition) is 1. The van der Waals surface area contributed by atoms with Crippen molar-refractivity contribution in [3.8, 4) is 10.6 Å². The fraction of sp³-hybridized carbons (Fsp3) is 0.455. The maximum Gasteiger partial charge on any atom is 0.411 e. The van der Waals surface area contributed by atoms with Gasteiger partial charge in [0.05, 0.1) is 16.9 Å². The second kappa shape index (κ2) is 7.87. The molecule has 0 saturated carbocycles. The predicted molar refractivity (Wildman–Crippen MR) is 125 cm³/mol. The molecule has 31 heavy (non-hydrogen) atoms. The molecule has 0 bridgehead atoms. The third-order valence-electron chi connectivity index (χ3n) is 5.11. The number of thiazole rings is 1. The van der Waals surface area contributed by atoms with Gasteiger partial charge in [-0.1, -0.05) is 0 Å². The van der Waals surface area contributed by atoms with Crippen LogP contribution >= 0.6 is 22.7 Å². The number of rotatable bonds is 2. The zero-order chi connectivity index (χ0) is 22.5. The molecule has 0 saturated heterocycles. The van der Waals surface area contributed by atoms with Crippen molar-refractivity contribution in [1.29, 1.82) is 0 Å². The first-order valence-electron chi connectivity index (χ1n) is 10.2. The largest absolute Gasteiger partial charge is 0.444 e. The van der Waals surface area contributed by atoms with Crippen LogP contribution in [0.15, 0.2) is 18.5 Å². The molecule has 7 nitrogen and oxygen atoms in total. The smallest absolute Gasteiger partial charge is 0.411 e. The molecule has 4 rings (SSSR count). The third-order valence-corrected chi connectivity index (χ3v) is 7.48. The Morgan fingerprint density at radius 2 is 2.00 bits per heavy atom. The zero-order valence-electron chi connectivity index (χ0n) is 18.5. The number of amides is 2. The van der Waals surface area contributed by atoms with Crippen LogP contribution in [0, 0.1) is 0 Å². The molecule has 1 N–H and O–H groups in total. The number of carbonyl (C=O) groups is 2. The minimum atomic E-state index is -0.562. The molecule has 0 unspecified atom stereocenters. The van der Waals surface area contributed by atoms with Crippen LogP contribution in [0.25, 0.3) is 20.8 Å². The molecule has 1 aliphatic rings. The van der Waals surface area contributed by atoms with Crippen molar-refractivity contribution in [3.05, 3.63) is 28.9 Å². The van der Waals surface area contributed by atoms with Crippen molar-refractivity contribution >= 4 is 49.9 Å². The van der Waals surface area contributed by atoms with Gasteiger partial charge in [-0.15, -0.1) is 22.7 Å². The number of aromatic nitrogens is 2. The highest BCUT2D eigenvalue weighted by atomic mass is 32.1. The van der Waals surface area contributed by atoms with Gasteiger partial charge in [-0.3, -0.25) is 14.7 Å². The lowest BCUT2D eigenvalue weighted by Gasteiger charge is -2.39. The van der Waals surface area contributed by atoms with E-state index < -0.39 is 5.60 Å². The summed E-state index contributed by atoms with van der Waals surface area (Å²) in [4.78, 5) is 36.7. The van der Waals surface area contributed by atoms with E-state index in [1.54, 1.807) is 28.6 Å². The van der Waals surface area contributed by atoms with E-state index in [-0.39, 0.29) is 24.1 Å². The number of carbonyl (C=O) groups excluding carboxylic acids is 2. The van der Waals surface area contributed by atoms with Crippen LogP contribution in [0.5, 0.6) is 0 Å². The Morgan fingerprint density at radius 3 is 2.65 bits per heavy atom. The number of anilines is 1. The molecule has 0 aliphatic carbocycles. The van der Waals surface area contributed by atoms with Gasteiger partial charge in [-0.05, 0) is 52.7 Å². The molecular weight excluding hydrogens is 432 g/mol. The molecule has 4 heterocycles. The highest BCUT2D eigenvalue weighted by Crippen LogP contribution is 2.49. The van der Waals surface area contributed by atoms with Gasteiger partial charge in [0.2, 0.25) is 5.91 Å². The first-order chi connectivity index (χ1) is 14.5. The van der Waals surface area contributed by atoms with E-state index in [1.165, 1.54) is 18.3 Å². The SMILES string of the molecule is CC(=O)Nc1sc2c(c1-c1nc3cnccc3s1)C[C@@H](C)N(C(=O)OC(C)(C)C)[C@H]2C. The Bertz CT molecular complexity index is 1130. The minimum Gasteiger partial charge on any atom is -0.444 e. The van der Waals surface area contributed by atoms with Crippen LogP contribution in [0.1, 0.15) is 58.0 Å². The number of ether oxygens (including phenoxy) is 1. The van der Waals surface area contributed by atoms with E-state index in [9.17, 15) is 9.59 Å². The van der Waals surface area contributed by atoms with Crippen molar-refractivity contribution in [2.45, 2.75) is 65.6 Å². The molecule has 0 radical (unpaired) electrons. The molecule has 2 amide bonds. The van der Waals surface area contributed by atoms with Crippen LogP contribution in [-0.4, -0.2) is 38.5 Å². The molecule has 9 heteroatoms. The van der Waals surface area contributed by atoms with Crippen LogP contribution in [0.2, 0.25) is 0 Å². The van der Waals surface area contributed by atoms with E-state index in [2.05, 4.69) is 10.3 Å². The van der Waals surface area contributed by atoms with Crippen LogP contribution in [0.3, 0.4) is 0 Å². The average molecular weight is 459 g/mol. The molecular formula is C22H26N4O3S2. The van der Waals surface area contributed by atoms with Crippen molar-refractivity contribution in [2.75, 3.05) is 5.32 Å². The Balaban J connectivity index is 1.81. The number of nitrogens with one attached hydrogen (secondary N) is 1. The molecule has 2 atom stereocenters. The monoisotopic (exact) mass is 458 g/mol. The second-order valence-corrected chi connectivity index (χ2v) is 10.9. The van der Waals surface area contributed by atoms with Gasteiger partial charge in [-0.2, -0.15) is 0 Å². The standard InChI is InChI=1S/C22H26N4O3S2/c1-11-9-14-17(20-25-15-10-23-8-7-16(15)30-20)19(24-13(3)27)31-18(14)12(2)26(11)21(28)29-22(4,5)6/h7-8,10-12H,9H2,1-6H3,(H,24,27)/t11-,12+/m1/s1. The van der Waals surface area contributed by atoms with Gasteiger partial charge in [-0.25, -0.2) is 9.78 Å². The van der Waals surface area contributed by atoms with Gasteiger partial charge in [0.15, 0.2) is 0 Å². The topological polar surface area (TPSA) is 84.4 Å².